The lowest BCUT2D eigenvalue weighted by molar-refractivity contribution is 0.601. The molecular formula is C19H14ClFN4O2S. The normalized spacial score (nSPS) is 13.1. The number of halogens is 2. The zero-order chi connectivity index (χ0) is 19.9. The minimum absolute atomic E-state index is 0.0484. The second-order valence-corrected chi connectivity index (χ2v) is 8.25. The molecule has 0 aliphatic carbocycles. The number of anilines is 1. The average molecular weight is 417 g/mol. The Morgan fingerprint density at radius 2 is 1.93 bits per heavy atom. The number of nitrogens with zero attached hydrogens (tertiary/aromatic N) is 2. The first kappa shape index (κ1) is 18.4. The number of aliphatic imine (C=N–C) groups is 1. The first-order valence-electron chi connectivity index (χ1n) is 8.22. The van der Waals surface area contributed by atoms with E-state index >= 15 is 0 Å². The van der Waals surface area contributed by atoms with Gasteiger partial charge in [-0.1, -0.05) is 23.7 Å². The minimum Gasteiger partial charge on any atom is -0.382 e. The minimum atomic E-state index is -3.93. The van der Waals surface area contributed by atoms with Gasteiger partial charge in [0.15, 0.2) is 0 Å². The number of aromatic nitrogens is 1. The van der Waals surface area contributed by atoms with Crippen molar-refractivity contribution >= 4 is 33.1 Å². The number of rotatable bonds is 4. The van der Waals surface area contributed by atoms with Crippen LogP contribution >= 0.6 is 11.6 Å². The highest BCUT2D eigenvalue weighted by molar-refractivity contribution is 7.92. The third kappa shape index (κ3) is 3.44. The molecule has 0 saturated heterocycles. The fraction of sp³-hybridized carbons (Fsp3) is 0.0526. The molecule has 142 valence electrons. The third-order valence-corrected chi connectivity index (χ3v) is 5.94. The number of fused-ring (bicyclic) bond motifs is 1. The van der Waals surface area contributed by atoms with Crippen molar-refractivity contribution in [2.45, 2.75) is 11.4 Å². The maximum Gasteiger partial charge on any atom is 0.261 e. The highest BCUT2D eigenvalue weighted by atomic mass is 35.5. The van der Waals surface area contributed by atoms with E-state index in [1.165, 1.54) is 30.3 Å². The molecule has 0 spiro atoms. The summed E-state index contributed by atoms with van der Waals surface area (Å²) in [6, 6.07) is 13.1. The van der Waals surface area contributed by atoms with Gasteiger partial charge in [-0.25, -0.2) is 17.8 Å². The van der Waals surface area contributed by atoms with E-state index in [4.69, 9.17) is 17.3 Å². The smallest absolute Gasteiger partial charge is 0.261 e. The summed E-state index contributed by atoms with van der Waals surface area (Å²) >= 11 is 6.33. The quantitative estimate of drug-likeness (QED) is 0.679. The SMILES string of the molecule is NC1=NCc2ccc(-c3ccc(S(=O)(=O)Nc4cccc(F)c4)cc3Cl)nc21. The standard InChI is InChI=1S/C19H14ClFN4O2S/c20-16-9-14(28(26,27)25-13-3-1-2-12(21)8-13)5-6-15(16)17-7-4-11-10-23-19(22)18(11)24-17/h1-9,25H,10H2,(H2,22,23). The number of amidine groups is 1. The van der Waals surface area contributed by atoms with Crippen LogP contribution in [0.2, 0.25) is 5.02 Å². The molecule has 1 aromatic heterocycles. The number of nitrogens with two attached hydrogens (primary N) is 1. The first-order valence-corrected chi connectivity index (χ1v) is 10.1. The summed E-state index contributed by atoms with van der Waals surface area (Å²) in [6.07, 6.45) is 0. The van der Waals surface area contributed by atoms with Gasteiger partial charge in [0.25, 0.3) is 10.0 Å². The summed E-state index contributed by atoms with van der Waals surface area (Å²) in [5, 5.41) is 0.211. The lowest BCUT2D eigenvalue weighted by Gasteiger charge is -2.11. The van der Waals surface area contributed by atoms with E-state index in [9.17, 15) is 12.8 Å². The average Bonchev–Trinajstić information content (AvgIpc) is 3.02. The van der Waals surface area contributed by atoms with Crippen molar-refractivity contribution in [1.29, 1.82) is 0 Å². The summed E-state index contributed by atoms with van der Waals surface area (Å²) < 4.78 is 40.8. The first-order chi connectivity index (χ1) is 13.3. The molecular weight excluding hydrogens is 403 g/mol. The monoisotopic (exact) mass is 416 g/mol. The molecule has 0 fully saturated rings. The molecule has 0 bridgehead atoms. The predicted molar refractivity (Wildman–Crippen MR) is 106 cm³/mol. The molecule has 9 heteroatoms. The van der Waals surface area contributed by atoms with Gasteiger partial charge in [-0.05, 0) is 42.5 Å². The molecule has 0 radical (unpaired) electrons. The molecule has 3 aromatic rings. The number of pyridine rings is 1. The third-order valence-electron chi connectivity index (χ3n) is 4.24. The Hall–Kier alpha value is -2.97. The van der Waals surface area contributed by atoms with Crippen LogP contribution in [0.5, 0.6) is 0 Å². The highest BCUT2D eigenvalue weighted by Gasteiger charge is 2.19. The summed E-state index contributed by atoms with van der Waals surface area (Å²) in [6.45, 7) is 0.491. The van der Waals surface area contributed by atoms with Crippen LogP contribution in [0.3, 0.4) is 0 Å². The van der Waals surface area contributed by atoms with Crippen LogP contribution in [0.15, 0.2) is 64.5 Å². The van der Waals surface area contributed by atoms with E-state index in [0.717, 1.165) is 11.6 Å². The van der Waals surface area contributed by atoms with Gasteiger partial charge in [0.05, 0.1) is 27.8 Å². The Labute approximate surface area is 166 Å². The largest absolute Gasteiger partial charge is 0.382 e. The Balaban J connectivity index is 1.66. The Bertz CT molecular complexity index is 1230. The molecule has 0 amide bonds. The Morgan fingerprint density at radius 3 is 2.68 bits per heavy atom. The van der Waals surface area contributed by atoms with Gasteiger partial charge >= 0.3 is 0 Å². The fourth-order valence-corrected chi connectivity index (χ4v) is 4.29. The molecule has 3 N–H and O–H groups in total. The van der Waals surface area contributed by atoms with Gasteiger partial charge in [0.1, 0.15) is 17.3 Å². The number of hydrogen-bond donors (Lipinski definition) is 2. The van der Waals surface area contributed by atoms with Crippen molar-refractivity contribution < 1.29 is 12.8 Å². The van der Waals surface area contributed by atoms with Crippen molar-refractivity contribution in [3.63, 3.8) is 0 Å². The van der Waals surface area contributed by atoms with E-state index in [-0.39, 0.29) is 15.6 Å². The van der Waals surface area contributed by atoms with Crippen LogP contribution in [-0.4, -0.2) is 19.2 Å². The van der Waals surface area contributed by atoms with E-state index in [1.807, 2.05) is 6.07 Å². The van der Waals surface area contributed by atoms with Gasteiger partial charge in [-0.15, -0.1) is 0 Å². The number of nitrogens with one attached hydrogen (secondary N) is 1. The van der Waals surface area contributed by atoms with Crippen LogP contribution in [-0.2, 0) is 16.6 Å². The predicted octanol–water partition coefficient (Wildman–Crippen LogP) is 3.56. The van der Waals surface area contributed by atoms with Crippen molar-refractivity contribution in [2.24, 2.45) is 10.7 Å². The molecule has 1 aliphatic rings. The van der Waals surface area contributed by atoms with E-state index in [2.05, 4.69) is 14.7 Å². The maximum atomic E-state index is 13.3. The zero-order valence-electron chi connectivity index (χ0n) is 14.4. The van der Waals surface area contributed by atoms with Crippen molar-refractivity contribution in [3.05, 3.63) is 76.7 Å². The Kier molecular flexibility index (Phi) is 4.52. The van der Waals surface area contributed by atoms with E-state index in [0.29, 0.717) is 29.3 Å². The van der Waals surface area contributed by atoms with E-state index < -0.39 is 15.8 Å². The van der Waals surface area contributed by atoms with Crippen LogP contribution in [0.1, 0.15) is 11.3 Å². The molecule has 28 heavy (non-hydrogen) atoms. The Morgan fingerprint density at radius 1 is 1.11 bits per heavy atom. The van der Waals surface area contributed by atoms with E-state index in [1.54, 1.807) is 12.1 Å². The number of hydrogen-bond acceptors (Lipinski definition) is 5. The molecule has 2 heterocycles. The molecule has 4 rings (SSSR count). The fourth-order valence-electron chi connectivity index (χ4n) is 2.87. The lowest BCUT2D eigenvalue weighted by Crippen LogP contribution is -2.13. The summed E-state index contributed by atoms with van der Waals surface area (Å²) in [5.41, 5.74) is 8.62. The molecule has 0 saturated carbocycles. The van der Waals surface area contributed by atoms with Gasteiger partial charge in [0.2, 0.25) is 0 Å². The second-order valence-electron chi connectivity index (χ2n) is 6.16. The lowest BCUT2D eigenvalue weighted by atomic mass is 10.1. The van der Waals surface area contributed by atoms with Crippen molar-refractivity contribution in [1.82, 2.24) is 4.98 Å². The highest BCUT2D eigenvalue weighted by Crippen LogP contribution is 2.31. The van der Waals surface area contributed by atoms with Crippen molar-refractivity contribution in [3.8, 4) is 11.3 Å². The molecule has 6 nitrogen and oxygen atoms in total. The van der Waals surface area contributed by atoms with Crippen LogP contribution in [0, 0.1) is 5.82 Å². The van der Waals surface area contributed by atoms with Gasteiger partial charge in [0, 0.05) is 11.1 Å². The second kappa shape index (κ2) is 6.88. The van der Waals surface area contributed by atoms with Crippen LogP contribution in [0.25, 0.3) is 11.3 Å². The topological polar surface area (TPSA) is 97.4 Å². The number of benzene rings is 2. The van der Waals surface area contributed by atoms with Gasteiger partial charge < -0.3 is 5.73 Å². The summed E-state index contributed by atoms with van der Waals surface area (Å²) in [7, 11) is -3.93. The van der Waals surface area contributed by atoms with Crippen LogP contribution in [0.4, 0.5) is 10.1 Å². The molecule has 0 unspecified atom stereocenters. The molecule has 0 atom stereocenters. The number of sulfonamides is 1. The zero-order valence-corrected chi connectivity index (χ0v) is 15.9. The molecule has 2 aromatic carbocycles. The summed E-state index contributed by atoms with van der Waals surface area (Å²) in [4.78, 5) is 8.58. The van der Waals surface area contributed by atoms with Crippen molar-refractivity contribution in [2.75, 3.05) is 4.72 Å². The van der Waals surface area contributed by atoms with Gasteiger partial charge in [-0.3, -0.25) is 9.71 Å². The molecule has 1 aliphatic heterocycles. The maximum absolute atomic E-state index is 13.3. The van der Waals surface area contributed by atoms with Gasteiger partial charge in [-0.2, -0.15) is 0 Å². The summed E-state index contributed by atoms with van der Waals surface area (Å²) in [5.74, 6) is -0.175. The van der Waals surface area contributed by atoms with Crippen LogP contribution < -0.4 is 10.5 Å².